The van der Waals surface area contributed by atoms with Crippen LogP contribution in [-0.4, -0.2) is 50.9 Å². The van der Waals surface area contributed by atoms with E-state index in [1.807, 2.05) is 48.5 Å². The number of hydrogen-bond donors (Lipinski definition) is 0. The van der Waals surface area contributed by atoms with Crippen molar-refractivity contribution >= 4 is 16.1 Å². The zero-order valence-corrected chi connectivity index (χ0v) is 16.6. The lowest BCUT2D eigenvalue weighted by Crippen LogP contribution is -2.48. The zero-order chi connectivity index (χ0) is 19.3. The summed E-state index contributed by atoms with van der Waals surface area (Å²) in [5.74, 6) is 0.867. The number of para-hydroxylation sites is 1. The van der Waals surface area contributed by atoms with E-state index in [1.165, 1.54) is 5.41 Å². The van der Waals surface area contributed by atoms with Gasteiger partial charge in [0, 0.05) is 43.2 Å². The molecule has 144 valence electrons. The summed E-state index contributed by atoms with van der Waals surface area (Å²) in [7, 11) is -1.73. The van der Waals surface area contributed by atoms with Gasteiger partial charge in [0.15, 0.2) is 0 Å². The first kappa shape index (κ1) is 19.6. The second-order valence-electron chi connectivity index (χ2n) is 6.61. The average molecular weight is 387 g/mol. The molecule has 1 fully saturated rings. The van der Waals surface area contributed by atoms with E-state index in [1.54, 1.807) is 17.5 Å². The Morgan fingerprint density at radius 2 is 1.59 bits per heavy atom. The number of sulfonamides is 1. The van der Waals surface area contributed by atoms with Crippen LogP contribution in [0, 0.1) is 0 Å². The number of benzene rings is 2. The maximum absolute atomic E-state index is 12.6. The van der Waals surface area contributed by atoms with Crippen LogP contribution in [0.25, 0.3) is 6.08 Å². The Morgan fingerprint density at radius 1 is 0.963 bits per heavy atom. The Balaban J connectivity index is 1.63. The Kier molecular flexibility index (Phi) is 6.31. The molecule has 27 heavy (non-hydrogen) atoms. The second kappa shape index (κ2) is 8.69. The molecule has 0 saturated carbocycles. The molecule has 3 rings (SSSR count). The molecule has 0 N–H and O–H groups in total. The quantitative estimate of drug-likeness (QED) is 0.764. The molecule has 0 radical (unpaired) electrons. The molecular weight excluding hydrogens is 360 g/mol. The van der Waals surface area contributed by atoms with Gasteiger partial charge in [0.2, 0.25) is 10.0 Å². The predicted octanol–water partition coefficient (Wildman–Crippen LogP) is 3.37. The summed E-state index contributed by atoms with van der Waals surface area (Å²) in [5.41, 5.74) is 2.00. The molecular formula is C21H26N2O3S. The van der Waals surface area contributed by atoms with Crippen LogP contribution in [0.3, 0.4) is 0 Å². The first-order valence-corrected chi connectivity index (χ1v) is 10.6. The maximum atomic E-state index is 12.6. The van der Waals surface area contributed by atoms with Crippen molar-refractivity contribution in [2.45, 2.75) is 13.0 Å². The Bertz CT molecular complexity index is 873. The third-order valence-corrected chi connectivity index (χ3v) is 6.57. The van der Waals surface area contributed by atoms with Crippen molar-refractivity contribution in [2.24, 2.45) is 0 Å². The highest BCUT2D eigenvalue weighted by molar-refractivity contribution is 7.92. The summed E-state index contributed by atoms with van der Waals surface area (Å²) < 4.78 is 32.2. The van der Waals surface area contributed by atoms with E-state index in [9.17, 15) is 8.42 Å². The van der Waals surface area contributed by atoms with E-state index in [-0.39, 0.29) is 6.04 Å². The molecule has 1 saturated heterocycles. The van der Waals surface area contributed by atoms with Crippen LogP contribution in [0.2, 0.25) is 0 Å². The van der Waals surface area contributed by atoms with E-state index in [2.05, 4.69) is 17.9 Å². The van der Waals surface area contributed by atoms with Crippen LogP contribution in [0.5, 0.6) is 5.75 Å². The number of nitrogens with zero attached hydrogens (tertiary/aromatic N) is 2. The minimum atomic E-state index is -3.41. The van der Waals surface area contributed by atoms with Crippen LogP contribution >= 0.6 is 0 Å². The summed E-state index contributed by atoms with van der Waals surface area (Å²) in [6.07, 6.45) is 1.65. The molecule has 1 unspecified atom stereocenters. The Morgan fingerprint density at radius 3 is 2.26 bits per heavy atom. The third-order valence-electron chi connectivity index (χ3n) is 5.00. The van der Waals surface area contributed by atoms with E-state index in [0.717, 1.165) is 16.9 Å². The number of methoxy groups -OCH3 is 1. The molecule has 1 aliphatic rings. The predicted molar refractivity (Wildman–Crippen MR) is 109 cm³/mol. The van der Waals surface area contributed by atoms with E-state index in [4.69, 9.17) is 4.74 Å². The monoisotopic (exact) mass is 386 g/mol. The first-order valence-electron chi connectivity index (χ1n) is 9.11. The number of rotatable bonds is 6. The average Bonchev–Trinajstić information content (AvgIpc) is 2.72. The van der Waals surface area contributed by atoms with Gasteiger partial charge in [0.05, 0.1) is 7.11 Å². The zero-order valence-electron chi connectivity index (χ0n) is 15.8. The Labute approximate surface area is 161 Å². The summed E-state index contributed by atoms with van der Waals surface area (Å²) in [4.78, 5) is 2.30. The number of ether oxygens (including phenoxy) is 1. The summed E-state index contributed by atoms with van der Waals surface area (Å²) >= 11 is 0. The van der Waals surface area contributed by atoms with Gasteiger partial charge in [-0.1, -0.05) is 48.5 Å². The molecule has 2 aromatic carbocycles. The van der Waals surface area contributed by atoms with Gasteiger partial charge in [-0.2, -0.15) is 4.31 Å². The molecule has 0 amide bonds. The SMILES string of the molecule is COc1ccccc1C(C)N1CCN(S(=O)(=O)/C=C/c2ccccc2)CC1. The molecule has 1 atom stereocenters. The highest BCUT2D eigenvalue weighted by Gasteiger charge is 2.28. The fraction of sp³-hybridized carbons (Fsp3) is 0.333. The van der Waals surface area contributed by atoms with Gasteiger partial charge < -0.3 is 4.74 Å². The first-order chi connectivity index (χ1) is 13.0. The fourth-order valence-corrected chi connectivity index (χ4v) is 4.54. The summed E-state index contributed by atoms with van der Waals surface area (Å²) in [6.45, 7) is 4.49. The number of hydrogen-bond acceptors (Lipinski definition) is 4. The fourth-order valence-electron chi connectivity index (χ4n) is 3.37. The van der Waals surface area contributed by atoms with Crippen molar-refractivity contribution in [2.75, 3.05) is 33.3 Å². The van der Waals surface area contributed by atoms with Crippen LogP contribution in [0.4, 0.5) is 0 Å². The highest BCUT2D eigenvalue weighted by Crippen LogP contribution is 2.29. The van der Waals surface area contributed by atoms with Crippen molar-refractivity contribution in [3.63, 3.8) is 0 Å². The number of piperazine rings is 1. The summed E-state index contributed by atoms with van der Waals surface area (Å²) in [5, 5.41) is 1.31. The highest BCUT2D eigenvalue weighted by atomic mass is 32.2. The standard InChI is InChI=1S/C21H26N2O3S/c1-18(20-10-6-7-11-21(20)26-2)22-13-15-23(16-14-22)27(24,25)17-12-19-8-4-3-5-9-19/h3-12,17-18H,13-16H2,1-2H3/b17-12+. The third kappa shape index (κ3) is 4.77. The van der Waals surface area contributed by atoms with E-state index >= 15 is 0 Å². The molecule has 0 spiro atoms. The minimum Gasteiger partial charge on any atom is -0.496 e. The molecule has 1 heterocycles. The van der Waals surface area contributed by atoms with Gasteiger partial charge in [0.25, 0.3) is 0 Å². The molecule has 6 heteroatoms. The van der Waals surface area contributed by atoms with Crippen LogP contribution < -0.4 is 4.74 Å². The summed E-state index contributed by atoms with van der Waals surface area (Å²) in [6, 6.07) is 17.6. The van der Waals surface area contributed by atoms with E-state index < -0.39 is 10.0 Å². The molecule has 2 aromatic rings. The molecule has 0 aromatic heterocycles. The molecule has 1 aliphatic heterocycles. The van der Waals surface area contributed by atoms with Crippen molar-refractivity contribution in [3.05, 3.63) is 71.1 Å². The second-order valence-corrected chi connectivity index (χ2v) is 8.43. The van der Waals surface area contributed by atoms with Gasteiger partial charge in [-0.15, -0.1) is 0 Å². The maximum Gasteiger partial charge on any atom is 0.236 e. The molecule has 5 nitrogen and oxygen atoms in total. The lowest BCUT2D eigenvalue weighted by molar-refractivity contribution is 0.144. The van der Waals surface area contributed by atoms with Crippen molar-refractivity contribution in [1.82, 2.24) is 9.21 Å². The normalized spacial score (nSPS) is 17.9. The van der Waals surface area contributed by atoms with Gasteiger partial charge in [-0.25, -0.2) is 8.42 Å². The molecule has 0 aliphatic carbocycles. The smallest absolute Gasteiger partial charge is 0.236 e. The van der Waals surface area contributed by atoms with E-state index in [0.29, 0.717) is 26.2 Å². The van der Waals surface area contributed by atoms with Gasteiger partial charge in [0.1, 0.15) is 5.75 Å². The Hall–Kier alpha value is -2.15. The van der Waals surface area contributed by atoms with Crippen LogP contribution in [0.1, 0.15) is 24.1 Å². The van der Waals surface area contributed by atoms with Crippen molar-refractivity contribution < 1.29 is 13.2 Å². The lowest BCUT2D eigenvalue weighted by atomic mass is 10.1. The van der Waals surface area contributed by atoms with Crippen LogP contribution in [0.15, 0.2) is 60.0 Å². The minimum absolute atomic E-state index is 0.172. The van der Waals surface area contributed by atoms with Gasteiger partial charge >= 0.3 is 0 Å². The largest absolute Gasteiger partial charge is 0.496 e. The van der Waals surface area contributed by atoms with Gasteiger partial charge in [-0.05, 0) is 24.6 Å². The topological polar surface area (TPSA) is 49.9 Å². The van der Waals surface area contributed by atoms with Crippen molar-refractivity contribution in [1.29, 1.82) is 0 Å². The van der Waals surface area contributed by atoms with Gasteiger partial charge in [-0.3, -0.25) is 4.90 Å². The molecule has 0 bridgehead atoms. The van der Waals surface area contributed by atoms with Crippen molar-refractivity contribution in [3.8, 4) is 5.75 Å². The lowest BCUT2D eigenvalue weighted by Gasteiger charge is -2.37. The van der Waals surface area contributed by atoms with Crippen LogP contribution in [-0.2, 0) is 10.0 Å².